The van der Waals surface area contributed by atoms with Gasteiger partial charge in [0.15, 0.2) is 11.5 Å². The van der Waals surface area contributed by atoms with E-state index in [1.807, 2.05) is 13.8 Å². The Hall–Kier alpha value is -2.98. The average Bonchev–Trinajstić information content (AvgIpc) is 2.86. The first kappa shape index (κ1) is 31.1. The minimum Gasteiger partial charge on any atom is -0.464 e. The van der Waals surface area contributed by atoms with E-state index >= 15 is 0 Å². The third-order valence-electron chi connectivity index (χ3n) is 5.18. The molecule has 10 heteroatoms. The van der Waals surface area contributed by atoms with Crippen LogP contribution in [0.1, 0.15) is 77.2 Å². The molecule has 10 nitrogen and oxygen atoms in total. The first-order valence-corrected chi connectivity index (χ1v) is 12.7. The maximum absolute atomic E-state index is 12.7. The summed E-state index contributed by atoms with van der Waals surface area (Å²) in [5.74, 6) is -1.68. The first-order chi connectivity index (χ1) is 17.3. The van der Waals surface area contributed by atoms with Crippen LogP contribution >= 0.6 is 0 Å². The molecule has 0 heterocycles. The van der Waals surface area contributed by atoms with E-state index in [2.05, 4.69) is 5.32 Å². The zero-order chi connectivity index (χ0) is 26.8. The minimum atomic E-state index is -0.912. The fourth-order valence-electron chi connectivity index (χ4n) is 3.13. The third-order valence-corrected chi connectivity index (χ3v) is 5.18. The molecule has 0 bridgehead atoms. The van der Waals surface area contributed by atoms with Crippen molar-refractivity contribution in [1.29, 1.82) is 0 Å². The van der Waals surface area contributed by atoms with Crippen LogP contribution in [0.5, 0.6) is 11.5 Å². The Kier molecular flexibility index (Phi) is 15.8. The van der Waals surface area contributed by atoms with E-state index in [4.69, 9.17) is 25.7 Å². The molecule has 0 fully saturated rings. The van der Waals surface area contributed by atoms with Gasteiger partial charge in [-0.25, -0.2) is 4.79 Å². The van der Waals surface area contributed by atoms with Crippen LogP contribution in [0.4, 0.5) is 0 Å². The number of nitrogens with two attached hydrogens (primary N) is 2. The van der Waals surface area contributed by atoms with Crippen LogP contribution in [-0.2, 0) is 30.3 Å². The Labute approximate surface area is 213 Å². The molecule has 0 radical (unpaired) electrons. The molecule has 1 amide bonds. The van der Waals surface area contributed by atoms with Crippen molar-refractivity contribution in [1.82, 2.24) is 5.32 Å². The molecule has 1 rings (SSSR count). The number of rotatable bonds is 18. The predicted molar refractivity (Wildman–Crippen MR) is 135 cm³/mol. The molecule has 0 aliphatic heterocycles. The van der Waals surface area contributed by atoms with Gasteiger partial charge in [0.05, 0.1) is 6.61 Å². The van der Waals surface area contributed by atoms with Crippen LogP contribution < -0.4 is 26.3 Å². The predicted octanol–water partition coefficient (Wildman–Crippen LogP) is 2.54. The monoisotopic (exact) mass is 507 g/mol. The number of benzene rings is 1. The van der Waals surface area contributed by atoms with Gasteiger partial charge in [0.1, 0.15) is 6.04 Å². The van der Waals surface area contributed by atoms with Crippen molar-refractivity contribution in [2.75, 3.05) is 19.7 Å². The van der Waals surface area contributed by atoms with Gasteiger partial charge in [-0.1, -0.05) is 32.8 Å². The van der Waals surface area contributed by atoms with Crippen LogP contribution in [0.25, 0.3) is 0 Å². The maximum atomic E-state index is 12.7. The number of carbonyl (C=O) groups is 4. The van der Waals surface area contributed by atoms with E-state index in [0.29, 0.717) is 44.3 Å². The number of ether oxygens (including phenoxy) is 3. The SMILES string of the molecule is CCCCOC(=O)C(Cc1ccc(OC(=O)CCCN)c(OC(=O)CCCN)c1)NC(=O)CCCC. The highest BCUT2D eigenvalue weighted by atomic mass is 16.6. The Morgan fingerprint density at radius 3 is 2.03 bits per heavy atom. The van der Waals surface area contributed by atoms with Crippen molar-refractivity contribution in [2.45, 2.75) is 84.1 Å². The summed E-state index contributed by atoms with van der Waals surface area (Å²) >= 11 is 0. The van der Waals surface area contributed by atoms with Crippen LogP contribution in [0.3, 0.4) is 0 Å². The second-order valence-electron chi connectivity index (χ2n) is 8.46. The molecule has 0 spiro atoms. The number of esters is 3. The summed E-state index contributed by atoms with van der Waals surface area (Å²) in [4.78, 5) is 49.4. The summed E-state index contributed by atoms with van der Waals surface area (Å²) < 4.78 is 16.2. The average molecular weight is 508 g/mol. The fourth-order valence-corrected chi connectivity index (χ4v) is 3.13. The van der Waals surface area contributed by atoms with Gasteiger partial charge in [-0.2, -0.15) is 0 Å². The smallest absolute Gasteiger partial charge is 0.328 e. The lowest BCUT2D eigenvalue weighted by Gasteiger charge is -2.19. The second-order valence-corrected chi connectivity index (χ2v) is 8.46. The number of amides is 1. The van der Waals surface area contributed by atoms with Gasteiger partial charge in [-0.15, -0.1) is 0 Å². The minimum absolute atomic E-state index is 0.0472. The summed E-state index contributed by atoms with van der Waals surface area (Å²) in [6.07, 6.45) is 4.67. The molecular formula is C26H41N3O7. The van der Waals surface area contributed by atoms with Gasteiger partial charge in [0, 0.05) is 25.7 Å². The molecule has 1 atom stereocenters. The zero-order valence-corrected chi connectivity index (χ0v) is 21.5. The molecule has 1 unspecified atom stereocenters. The van der Waals surface area contributed by atoms with Crippen molar-refractivity contribution < 1.29 is 33.4 Å². The standard InChI is InChI=1S/C26H41N3O7/c1-3-5-9-23(30)29-20(26(33)34-16-6-4-2)17-19-12-13-21(35-24(31)10-7-14-27)22(18-19)36-25(32)11-8-15-28/h12-13,18,20H,3-11,14-17,27-28H2,1-2H3,(H,29,30). The van der Waals surface area contributed by atoms with E-state index in [9.17, 15) is 19.2 Å². The number of hydrogen-bond donors (Lipinski definition) is 3. The van der Waals surface area contributed by atoms with E-state index < -0.39 is 23.9 Å². The number of unbranched alkanes of at least 4 members (excludes halogenated alkanes) is 2. The van der Waals surface area contributed by atoms with Gasteiger partial charge in [0.25, 0.3) is 0 Å². The lowest BCUT2D eigenvalue weighted by Crippen LogP contribution is -2.43. The largest absolute Gasteiger partial charge is 0.464 e. The Morgan fingerprint density at radius 1 is 0.833 bits per heavy atom. The van der Waals surface area contributed by atoms with Crippen molar-refractivity contribution in [2.24, 2.45) is 11.5 Å². The molecule has 0 saturated heterocycles. The summed E-state index contributed by atoms with van der Waals surface area (Å²) in [5.41, 5.74) is 11.5. The quantitative estimate of drug-likeness (QED) is 0.154. The molecule has 0 saturated carbocycles. The van der Waals surface area contributed by atoms with Crippen LogP contribution in [0, 0.1) is 0 Å². The van der Waals surface area contributed by atoms with Crippen molar-refractivity contribution >= 4 is 23.8 Å². The highest BCUT2D eigenvalue weighted by Gasteiger charge is 2.24. The highest BCUT2D eigenvalue weighted by molar-refractivity contribution is 5.84. The zero-order valence-electron chi connectivity index (χ0n) is 21.5. The van der Waals surface area contributed by atoms with Crippen molar-refractivity contribution in [3.05, 3.63) is 23.8 Å². The lowest BCUT2D eigenvalue weighted by molar-refractivity contribution is -0.148. The molecule has 5 N–H and O–H groups in total. The first-order valence-electron chi connectivity index (χ1n) is 12.7. The van der Waals surface area contributed by atoms with Gasteiger partial charge in [-0.05, 0) is 56.5 Å². The van der Waals surface area contributed by atoms with E-state index in [1.54, 1.807) is 6.07 Å². The number of hydrogen-bond acceptors (Lipinski definition) is 9. The summed E-state index contributed by atoms with van der Waals surface area (Å²) in [5, 5.41) is 2.75. The fraction of sp³-hybridized carbons (Fsp3) is 0.615. The van der Waals surface area contributed by atoms with Gasteiger partial charge >= 0.3 is 17.9 Å². The summed E-state index contributed by atoms with van der Waals surface area (Å²) in [6, 6.07) is 3.76. The van der Waals surface area contributed by atoms with Gasteiger partial charge < -0.3 is 31.0 Å². The second kappa shape index (κ2) is 18.3. The molecule has 36 heavy (non-hydrogen) atoms. The molecule has 202 valence electrons. The number of nitrogens with one attached hydrogen (secondary N) is 1. The Balaban J connectivity index is 3.12. The topological polar surface area (TPSA) is 160 Å². The van der Waals surface area contributed by atoms with E-state index in [0.717, 1.165) is 19.3 Å². The number of carbonyl (C=O) groups excluding carboxylic acids is 4. The lowest BCUT2D eigenvalue weighted by atomic mass is 10.0. The highest BCUT2D eigenvalue weighted by Crippen LogP contribution is 2.30. The molecular weight excluding hydrogens is 466 g/mol. The van der Waals surface area contributed by atoms with Crippen LogP contribution in [0.15, 0.2) is 18.2 Å². The Morgan fingerprint density at radius 2 is 1.44 bits per heavy atom. The van der Waals surface area contributed by atoms with Crippen LogP contribution in [-0.4, -0.2) is 49.6 Å². The van der Waals surface area contributed by atoms with Crippen molar-refractivity contribution in [3.8, 4) is 11.5 Å². The molecule has 0 aromatic heterocycles. The maximum Gasteiger partial charge on any atom is 0.328 e. The summed E-state index contributed by atoms with van der Waals surface area (Å²) in [7, 11) is 0. The molecule has 1 aromatic rings. The van der Waals surface area contributed by atoms with Crippen LogP contribution in [0.2, 0.25) is 0 Å². The van der Waals surface area contributed by atoms with Crippen molar-refractivity contribution in [3.63, 3.8) is 0 Å². The van der Waals surface area contributed by atoms with Gasteiger partial charge in [0.2, 0.25) is 5.91 Å². The molecule has 0 aliphatic carbocycles. The van der Waals surface area contributed by atoms with Gasteiger partial charge in [-0.3, -0.25) is 14.4 Å². The third kappa shape index (κ3) is 12.6. The normalized spacial score (nSPS) is 11.4. The van der Waals surface area contributed by atoms with E-state index in [1.165, 1.54) is 12.1 Å². The van der Waals surface area contributed by atoms with E-state index in [-0.39, 0.29) is 43.3 Å². The molecule has 0 aliphatic rings. The summed E-state index contributed by atoms with van der Waals surface area (Å²) in [6.45, 7) is 4.89. The Bertz CT molecular complexity index is 845. The molecule has 1 aromatic carbocycles.